The van der Waals surface area contributed by atoms with E-state index in [2.05, 4.69) is 0 Å². The largest absolute Gasteiger partial charge is 0.261 e. The number of fused-ring (bicyclic) bond motifs is 1. The van der Waals surface area contributed by atoms with Crippen LogP contribution in [0.2, 0.25) is 0 Å². The molecule has 0 aliphatic rings. The maximum atomic E-state index is 12.9. The van der Waals surface area contributed by atoms with Gasteiger partial charge in [-0.25, -0.2) is 12.8 Å². The SMILES string of the molecule is O=S(=O)(Cl)c1ccc2ccc(F)cc2c1. The quantitative estimate of drug-likeness (QED) is 0.723. The summed E-state index contributed by atoms with van der Waals surface area (Å²) in [6.45, 7) is 0. The van der Waals surface area contributed by atoms with Gasteiger partial charge >= 0.3 is 0 Å². The molecule has 0 spiro atoms. The van der Waals surface area contributed by atoms with Crippen LogP contribution in [-0.2, 0) is 9.05 Å². The Labute approximate surface area is 90.7 Å². The summed E-state index contributed by atoms with van der Waals surface area (Å²) >= 11 is 0. The summed E-state index contributed by atoms with van der Waals surface area (Å²) in [5, 5.41) is 1.28. The summed E-state index contributed by atoms with van der Waals surface area (Å²) in [4.78, 5) is -0.0257. The molecule has 0 aromatic heterocycles. The van der Waals surface area contributed by atoms with Gasteiger partial charge in [0.15, 0.2) is 0 Å². The van der Waals surface area contributed by atoms with Crippen LogP contribution in [0.1, 0.15) is 0 Å². The van der Waals surface area contributed by atoms with E-state index in [9.17, 15) is 12.8 Å². The van der Waals surface area contributed by atoms with Crippen LogP contribution >= 0.6 is 10.7 Å². The van der Waals surface area contributed by atoms with Crippen LogP contribution in [0.4, 0.5) is 4.39 Å². The summed E-state index contributed by atoms with van der Waals surface area (Å²) < 4.78 is 34.9. The Morgan fingerprint density at radius 3 is 2.33 bits per heavy atom. The third-order valence-corrected chi connectivity index (χ3v) is 3.41. The van der Waals surface area contributed by atoms with Crippen LogP contribution in [0.5, 0.6) is 0 Å². The lowest BCUT2D eigenvalue weighted by Gasteiger charge is -2.00. The maximum Gasteiger partial charge on any atom is 0.261 e. The van der Waals surface area contributed by atoms with Gasteiger partial charge in [-0.05, 0) is 35.0 Å². The number of hydrogen-bond donors (Lipinski definition) is 0. The average Bonchev–Trinajstić information content (AvgIpc) is 2.15. The van der Waals surface area contributed by atoms with E-state index in [1.54, 1.807) is 12.1 Å². The van der Waals surface area contributed by atoms with Gasteiger partial charge in [-0.1, -0.05) is 12.1 Å². The molecule has 2 aromatic carbocycles. The zero-order valence-electron chi connectivity index (χ0n) is 7.44. The molecule has 0 bridgehead atoms. The fourth-order valence-corrected chi connectivity index (χ4v) is 2.13. The van der Waals surface area contributed by atoms with E-state index < -0.39 is 14.9 Å². The minimum atomic E-state index is -3.76. The highest BCUT2D eigenvalue weighted by Crippen LogP contribution is 2.22. The predicted octanol–water partition coefficient (Wildman–Crippen LogP) is 2.91. The Kier molecular flexibility index (Phi) is 2.40. The number of hydrogen-bond acceptors (Lipinski definition) is 2. The number of halogens is 2. The molecule has 0 fully saturated rings. The molecule has 0 N–H and O–H groups in total. The molecule has 0 unspecified atom stereocenters. The van der Waals surface area contributed by atoms with Crippen LogP contribution in [0.15, 0.2) is 41.3 Å². The van der Waals surface area contributed by atoms with E-state index in [1.165, 1.54) is 24.3 Å². The Balaban J connectivity index is 2.75. The topological polar surface area (TPSA) is 34.1 Å². The van der Waals surface area contributed by atoms with Gasteiger partial charge < -0.3 is 0 Å². The minimum Gasteiger partial charge on any atom is -0.207 e. The van der Waals surface area contributed by atoms with E-state index in [0.29, 0.717) is 5.39 Å². The highest BCUT2D eigenvalue weighted by molar-refractivity contribution is 8.13. The summed E-state index contributed by atoms with van der Waals surface area (Å²) in [5.41, 5.74) is 0. The van der Waals surface area contributed by atoms with E-state index in [4.69, 9.17) is 10.7 Å². The third kappa shape index (κ3) is 2.11. The molecule has 0 saturated carbocycles. The van der Waals surface area contributed by atoms with E-state index in [0.717, 1.165) is 5.39 Å². The highest BCUT2D eigenvalue weighted by atomic mass is 35.7. The smallest absolute Gasteiger partial charge is 0.207 e. The molecule has 78 valence electrons. The summed E-state index contributed by atoms with van der Waals surface area (Å²) in [6, 6.07) is 8.49. The van der Waals surface area contributed by atoms with Crippen molar-refractivity contribution in [3.05, 3.63) is 42.2 Å². The predicted molar refractivity (Wildman–Crippen MR) is 56.9 cm³/mol. The van der Waals surface area contributed by atoms with Crippen molar-refractivity contribution in [2.45, 2.75) is 4.90 Å². The summed E-state index contributed by atoms with van der Waals surface area (Å²) in [6.07, 6.45) is 0. The molecule has 0 aliphatic heterocycles. The minimum absolute atomic E-state index is 0.0257. The van der Waals surface area contributed by atoms with Crippen LogP contribution in [0, 0.1) is 5.82 Å². The molecule has 2 nitrogen and oxygen atoms in total. The first-order valence-corrected chi connectivity index (χ1v) is 6.42. The van der Waals surface area contributed by atoms with E-state index >= 15 is 0 Å². The molecule has 0 heterocycles. The Hall–Kier alpha value is -1.13. The molecule has 0 radical (unpaired) electrons. The zero-order chi connectivity index (χ0) is 11.1. The van der Waals surface area contributed by atoms with Gasteiger partial charge in [0.2, 0.25) is 0 Å². The lowest BCUT2D eigenvalue weighted by molar-refractivity contribution is 0.609. The van der Waals surface area contributed by atoms with Crippen molar-refractivity contribution >= 4 is 30.5 Å². The van der Waals surface area contributed by atoms with Crippen molar-refractivity contribution < 1.29 is 12.8 Å². The van der Waals surface area contributed by atoms with Gasteiger partial charge in [0.25, 0.3) is 9.05 Å². The number of benzene rings is 2. The fraction of sp³-hybridized carbons (Fsp3) is 0. The van der Waals surface area contributed by atoms with E-state index in [-0.39, 0.29) is 4.90 Å². The van der Waals surface area contributed by atoms with Crippen LogP contribution in [0.25, 0.3) is 10.8 Å². The Morgan fingerprint density at radius 1 is 1.00 bits per heavy atom. The highest BCUT2D eigenvalue weighted by Gasteiger charge is 2.10. The first-order valence-electron chi connectivity index (χ1n) is 4.11. The maximum absolute atomic E-state index is 12.9. The van der Waals surface area contributed by atoms with E-state index in [1.807, 2.05) is 0 Å². The molecule has 2 aromatic rings. The average molecular weight is 245 g/mol. The summed E-state index contributed by atoms with van der Waals surface area (Å²) in [7, 11) is 1.42. The molecular weight excluding hydrogens is 239 g/mol. The molecule has 15 heavy (non-hydrogen) atoms. The van der Waals surface area contributed by atoms with Gasteiger partial charge in [-0.2, -0.15) is 0 Å². The van der Waals surface area contributed by atoms with Crippen LogP contribution in [0.3, 0.4) is 0 Å². The van der Waals surface area contributed by atoms with Gasteiger partial charge in [0.1, 0.15) is 5.82 Å². The van der Waals surface area contributed by atoms with Crippen molar-refractivity contribution in [3.8, 4) is 0 Å². The normalized spacial score (nSPS) is 11.9. The Morgan fingerprint density at radius 2 is 1.67 bits per heavy atom. The lowest BCUT2D eigenvalue weighted by Crippen LogP contribution is -1.90. The van der Waals surface area contributed by atoms with Gasteiger partial charge in [0, 0.05) is 10.7 Å². The van der Waals surface area contributed by atoms with Crippen LogP contribution < -0.4 is 0 Å². The third-order valence-electron chi connectivity index (χ3n) is 2.06. The molecule has 0 saturated heterocycles. The standard InChI is InChI=1S/C10H6ClFO2S/c11-15(13,14)10-4-2-7-1-3-9(12)5-8(7)6-10/h1-6H. The van der Waals surface area contributed by atoms with Gasteiger partial charge in [0.05, 0.1) is 4.90 Å². The second kappa shape index (κ2) is 3.47. The molecule has 0 amide bonds. The number of rotatable bonds is 1. The fourth-order valence-electron chi connectivity index (χ4n) is 1.35. The van der Waals surface area contributed by atoms with Crippen LogP contribution in [-0.4, -0.2) is 8.42 Å². The molecule has 0 aliphatic carbocycles. The molecule has 5 heteroatoms. The van der Waals surface area contributed by atoms with Crippen molar-refractivity contribution in [2.24, 2.45) is 0 Å². The molecular formula is C10H6ClFO2S. The second-order valence-corrected chi connectivity index (χ2v) is 5.66. The summed E-state index contributed by atoms with van der Waals surface area (Å²) in [5.74, 6) is -0.411. The first-order chi connectivity index (χ1) is 6.97. The van der Waals surface area contributed by atoms with Gasteiger partial charge in [-0.3, -0.25) is 0 Å². The van der Waals surface area contributed by atoms with Gasteiger partial charge in [-0.15, -0.1) is 0 Å². The van der Waals surface area contributed by atoms with Crippen molar-refractivity contribution in [2.75, 3.05) is 0 Å². The van der Waals surface area contributed by atoms with Crippen molar-refractivity contribution in [3.63, 3.8) is 0 Å². The monoisotopic (exact) mass is 244 g/mol. The van der Waals surface area contributed by atoms with Crippen molar-refractivity contribution in [1.29, 1.82) is 0 Å². The lowest BCUT2D eigenvalue weighted by atomic mass is 10.1. The molecule has 0 atom stereocenters. The Bertz CT molecular complexity index is 622. The zero-order valence-corrected chi connectivity index (χ0v) is 9.02. The first kappa shape index (κ1) is 10.4. The second-order valence-electron chi connectivity index (χ2n) is 3.09. The van der Waals surface area contributed by atoms with Crippen molar-refractivity contribution in [1.82, 2.24) is 0 Å². The molecule has 2 rings (SSSR count).